The zero-order valence-corrected chi connectivity index (χ0v) is 15.7. The SMILES string of the molecule is COc1ccc(-c2nnn(CC(=O)Nc3cc(C)ccc3C)n2)cc1OC. The number of hydrogen-bond donors (Lipinski definition) is 1. The minimum atomic E-state index is -0.222. The van der Waals surface area contributed by atoms with Gasteiger partial charge in [0.1, 0.15) is 6.54 Å². The Morgan fingerprint density at radius 1 is 1.07 bits per heavy atom. The lowest BCUT2D eigenvalue weighted by molar-refractivity contribution is -0.117. The Morgan fingerprint density at radius 2 is 1.85 bits per heavy atom. The molecule has 8 heteroatoms. The molecule has 1 heterocycles. The summed E-state index contributed by atoms with van der Waals surface area (Å²) in [6.45, 7) is 3.88. The van der Waals surface area contributed by atoms with Gasteiger partial charge in [-0.1, -0.05) is 12.1 Å². The van der Waals surface area contributed by atoms with Crippen molar-refractivity contribution in [3.63, 3.8) is 0 Å². The van der Waals surface area contributed by atoms with Crippen molar-refractivity contribution in [3.8, 4) is 22.9 Å². The van der Waals surface area contributed by atoms with Gasteiger partial charge in [0.15, 0.2) is 11.5 Å². The number of nitrogens with zero attached hydrogens (tertiary/aromatic N) is 4. The summed E-state index contributed by atoms with van der Waals surface area (Å²) in [5, 5.41) is 15.1. The monoisotopic (exact) mass is 367 g/mol. The molecule has 3 aromatic rings. The average molecular weight is 367 g/mol. The van der Waals surface area contributed by atoms with Crippen molar-refractivity contribution in [2.24, 2.45) is 0 Å². The first-order valence-electron chi connectivity index (χ1n) is 8.37. The number of anilines is 1. The van der Waals surface area contributed by atoms with Gasteiger partial charge < -0.3 is 14.8 Å². The second-order valence-corrected chi connectivity index (χ2v) is 6.08. The molecule has 1 N–H and O–H groups in total. The molecule has 140 valence electrons. The lowest BCUT2D eigenvalue weighted by Crippen LogP contribution is -2.21. The first kappa shape index (κ1) is 18.4. The lowest BCUT2D eigenvalue weighted by Gasteiger charge is -2.08. The van der Waals surface area contributed by atoms with E-state index in [-0.39, 0.29) is 12.5 Å². The molecule has 0 saturated carbocycles. The van der Waals surface area contributed by atoms with Gasteiger partial charge in [-0.2, -0.15) is 4.80 Å². The Bertz CT molecular complexity index is 968. The summed E-state index contributed by atoms with van der Waals surface area (Å²) in [6, 6.07) is 11.2. The Hall–Kier alpha value is -3.42. The zero-order valence-electron chi connectivity index (χ0n) is 15.7. The summed E-state index contributed by atoms with van der Waals surface area (Å²) >= 11 is 0. The van der Waals surface area contributed by atoms with E-state index in [0.29, 0.717) is 22.9 Å². The van der Waals surface area contributed by atoms with Gasteiger partial charge in [-0.3, -0.25) is 4.79 Å². The van der Waals surface area contributed by atoms with Crippen LogP contribution in [-0.2, 0) is 11.3 Å². The zero-order chi connectivity index (χ0) is 19.4. The van der Waals surface area contributed by atoms with Gasteiger partial charge >= 0.3 is 0 Å². The smallest absolute Gasteiger partial charge is 0.248 e. The number of methoxy groups -OCH3 is 2. The van der Waals surface area contributed by atoms with Crippen LogP contribution in [-0.4, -0.2) is 40.3 Å². The maximum Gasteiger partial charge on any atom is 0.248 e. The van der Waals surface area contributed by atoms with Crippen molar-refractivity contribution < 1.29 is 14.3 Å². The first-order chi connectivity index (χ1) is 13.0. The summed E-state index contributed by atoms with van der Waals surface area (Å²) in [6.07, 6.45) is 0. The van der Waals surface area contributed by atoms with Crippen LogP contribution in [0.1, 0.15) is 11.1 Å². The molecular weight excluding hydrogens is 346 g/mol. The van der Waals surface area contributed by atoms with Gasteiger partial charge in [-0.05, 0) is 54.5 Å². The minimum Gasteiger partial charge on any atom is -0.493 e. The molecule has 0 spiro atoms. The summed E-state index contributed by atoms with van der Waals surface area (Å²) < 4.78 is 10.5. The molecule has 0 aliphatic heterocycles. The fraction of sp³-hybridized carbons (Fsp3) is 0.263. The number of nitrogens with one attached hydrogen (secondary N) is 1. The van der Waals surface area contributed by atoms with Crippen LogP contribution in [0.15, 0.2) is 36.4 Å². The summed E-state index contributed by atoms with van der Waals surface area (Å²) in [5.41, 5.74) is 3.56. The number of ether oxygens (including phenoxy) is 2. The Labute approximate surface area is 157 Å². The third-order valence-corrected chi connectivity index (χ3v) is 4.05. The molecular formula is C19H21N5O3. The van der Waals surface area contributed by atoms with Crippen LogP contribution < -0.4 is 14.8 Å². The van der Waals surface area contributed by atoms with Crippen LogP contribution in [0, 0.1) is 13.8 Å². The van der Waals surface area contributed by atoms with E-state index in [9.17, 15) is 4.79 Å². The molecule has 0 aliphatic rings. The van der Waals surface area contributed by atoms with Crippen molar-refractivity contribution in [2.45, 2.75) is 20.4 Å². The lowest BCUT2D eigenvalue weighted by atomic mass is 10.1. The number of carbonyl (C=O) groups excluding carboxylic acids is 1. The Balaban J connectivity index is 1.72. The van der Waals surface area contributed by atoms with Crippen LogP contribution >= 0.6 is 0 Å². The number of carbonyl (C=O) groups is 1. The van der Waals surface area contributed by atoms with E-state index in [1.54, 1.807) is 32.4 Å². The number of tetrazole rings is 1. The van der Waals surface area contributed by atoms with E-state index in [4.69, 9.17) is 9.47 Å². The molecule has 8 nitrogen and oxygen atoms in total. The van der Waals surface area contributed by atoms with Gasteiger partial charge in [-0.25, -0.2) is 0 Å². The highest BCUT2D eigenvalue weighted by molar-refractivity contribution is 5.91. The summed E-state index contributed by atoms with van der Waals surface area (Å²) in [4.78, 5) is 13.6. The number of rotatable bonds is 6. The van der Waals surface area contributed by atoms with Crippen molar-refractivity contribution >= 4 is 11.6 Å². The Kier molecular flexibility index (Phi) is 5.35. The van der Waals surface area contributed by atoms with Gasteiger partial charge in [0.2, 0.25) is 11.7 Å². The first-order valence-corrected chi connectivity index (χ1v) is 8.37. The van der Waals surface area contributed by atoms with Gasteiger partial charge in [0, 0.05) is 11.3 Å². The van der Waals surface area contributed by atoms with E-state index in [0.717, 1.165) is 16.8 Å². The third-order valence-electron chi connectivity index (χ3n) is 4.05. The maximum absolute atomic E-state index is 12.3. The highest BCUT2D eigenvalue weighted by atomic mass is 16.5. The van der Waals surface area contributed by atoms with E-state index in [1.165, 1.54) is 4.80 Å². The predicted molar refractivity (Wildman–Crippen MR) is 101 cm³/mol. The van der Waals surface area contributed by atoms with Crippen LogP contribution in [0.2, 0.25) is 0 Å². The molecule has 1 aromatic heterocycles. The predicted octanol–water partition coefficient (Wildman–Crippen LogP) is 2.61. The molecule has 0 unspecified atom stereocenters. The summed E-state index contributed by atoms with van der Waals surface area (Å²) in [7, 11) is 3.13. The highest BCUT2D eigenvalue weighted by Gasteiger charge is 2.13. The van der Waals surface area contributed by atoms with Gasteiger partial charge in [0.05, 0.1) is 14.2 Å². The maximum atomic E-state index is 12.3. The fourth-order valence-corrected chi connectivity index (χ4v) is 2.59. The van der Waals surface area contributed by atoms with E-state index < -0.39 is 0 Å². The van der Waals surface area contributed by atoms with E-state index >= 15 is 0 Å². The molecule has 3 rings (SSSR count). The Morgan fingerprint density at radius 3 is 2.59 bits per heavy atom. The second kappa shape index (κ2) is 7.86. The minimum absolute atomic E-state index is 0.0341. The summed E-state index contributed by atoms with van der Waals surface area (Å²) in [5.74, 6) is 1.36. The molecule has 0 fully saturated rings. The molecule has 0 radical (unpaired) electrons. The molecule has 0 aliphatic carbocycles. The number of aromatic nitrogens is 4. The van der Waals surface area contributed by atoms with Crippen LogP contribution in [0.4, 0.5) is 5.69 Å². The molecule has 0 atom stereocenters. The van der Waals surface area contributed by atoms with E-state index in [2.05, 4.69) is 20.7 Å². The van der Waals surface area contributed by atoms with Crippen LogP contribution in [0.25, 0.3) is 11.4 Å². The van der Waals surface area contributed by atoms with Crippen LogP contribution in [0.5, 0.6) is 11.5 Å². The topological polar surface area (TPSA) is 91.2 Å². The van der Waals surface area contributed by atoms with Crippen molar-refractivity contribution in [2.75, 3.05) is 19.5 Å². The normalized spacial score (nSPS) is 10.5. The average Bonchev–Trinajstić information content (AvgIpc) is 3.12. The van der Waals surface area contributed by atoms with Crippen LogP contribution in [0.3, 0.4) is 0 Å². The number of benzene rings is 2. The molecule has 27 heavy (non-hydrogen) atoms. The van der Waals surface area contributed by atoms with E-state index in [1.807, 2.05) is 32.0 Å². The molecule has 2 aromatic carbocycles. The standard InChI is InChI=1S/C19H21N5O3/c1-12-5-6-13(2)15(9-12)20-18(25)11-24-22-19(21-23-24)14-7-8-16(26-3)17(10-14)27-4/h5-10H,11H2,1-4H3,(H,20,25). The van der Waals surface area contributed by atoms with Crippen molar-refractivity contribution in [3.05, 3.63) is 47.5 Å². The van der Waals surface area contributed by atoms with Gasteiger partial charge in [-0.15, -0.1) is 10.2 Å². The molecule has 1 amide bonds. The fourth-order valence-electron chi connectivity index (χ4n) is 2.59. The van der Waals surface area contributed by atoms with Gasteiger partial charge in [0.25, 0.3) is 0 Å². The molecule has 0 bridgehead atoms. The number of amides is 1. The molecule has 0 saturated heterocycles. The number of aryl methyl sites for hydroxylation is 2. The largest absolute Gasteiger partial charge is 0.493 e. The quantitative estimate of drug-likeness (QED) is 0.720. The highest BCUT2D eigenvalue weighted by Crippen LogP contribution is 2.30. The van der Waals surface area contributed by atoms with Crippen molar-refractivity contribution in [1.82, 2.24) is 20.2 Å². The second-order valence-electron chi connectivity index (χ2n) is 6.08. The third kappa shape index (κ3) is 4.22. The van der Waals surface area contributed by atoms with Crippen molar-refractivity contribution in [1.29, 1.82) is 0 Å². The number of hydrogen-bond acceptors (Lipinski definition) is 6.